The van der Waals surface area contributed by atoms with Gasteiger partial charge in [-0.1, -0.05) is 0 Å². The Kier molecular flexibility index (Phi) is 6.30. The summed E-state index contributed by atoms with van der Waals surface area (Å²) in [5.74, 6) is 1.18. The van der Waals surface area contributed by atoms with Crippen LogP contribution in [-0.4, -0.2) is 56.9 Å². The summed E-state index contributed by atoms with van der Waals surface area (Å²) in [6.45, 7) is 2.14. The zero-order chi connectivity index (χ0) is 16.0. The maximum absolute atomic E-state index is 12.5. The third-order valence-electron chi connectivity index (χ3n) is 3.17. The van der Waals surface area contributed by atoms with Gasteiger partial charge in [-0.05, 0) is 13.3 Å². The van der Waals surface area contributed by atoms with Crippen molar-refractivity contribution in [2.24, 2.45) is 0 Å². The molecule has 0 saturated heterocycles. The average Bonchev–Trinajstić information content (AvgIpc) is 2.50. The van der Waals surface area contributed by atoms with Crippen LogP contribution in [0, 0.1) is 0 Å². The van der Waals surface area contributed by atoms with Crippen LogP contribution in [-0.2, 0) is 0 Å². The molecule has 0 aliphatic rings. The lowest BCUT2D eigenvalue weighted by molar-refractivity contribution is 0.0765. The second-order valence-electron chi connectivity index (χ2n) is 4.77. The van der Waals surface area contributed by atoms with Gasteiger partial charge in [0.25, 0.3) is 5.91 Å². The number of rotatable bonds is 7. The lowest BCUT2D eigenvalue weighted by Gasteiger charge is -2.20. The molecule has 1 rings (SSSR count). The monoisotopic (exact) mass is 297 g/mol. The minimum atomic E-state index is -0.451. The van der Waals surface area contributed by atoms with Gasteiger partial charge in [-0.3, -0.25) is 4.79 Å². The quantitative estimate of drug-likeness (QED) is 0.827. The first-order valence-electron chi connectivity index (χ1n) is 6.68. The van der Waals surface area contributed by atoms with Crippen LogP contribution in [0.15, 0.2) is 12.1 Å². The first-order chi connectivity index (χ1) is 9.94. The van der Waals surface area contributed by atoms with Crippen molar-refractivity contribution in [2.45, 2.75) is 19.4 Å². The highest BCUT2D eigenvalue weighted by atomic mass is 16.5. The van der Waals surface area contributed by atoms with E-state index >= 15 is 0 Å². The second-order valence-corrected chi connectivity index (χ2v) is 4.77. The summed E-state index contributed by atoms with van der Waals surface area (Å²) in [5, 5.41) is 9.31. The number of methoxy groups -OCH3 is 3. The highest BCUT2D eigenvalue weighted by molar-refractivity contribution is 5.97. The van der Waals surface area contributed by atoms with E-state index < -0.39 is 6.10 Å². The van der Waals surface area contributed by atoms with Crippen molar-refractivity contribution in [3.63, 3.8) is 0 Å². The fraction of sp³-hybridized carbons (Fsp3) is 0.533. The fourth-order valence-corrected chi connectivity index (χ4v) is 1.88. The van der Waals surface area contributed by atoms with Crippen LogP contribution in [0.4, 0.5) is 0 Å². The summed E-state index contributed by atoms with van der Waals surface area (Å²) in [6.07, 6.45) is 0.0604. The van der Waals surface area contributed by atoms with Gasteiger partial charge in [0.15, 0.2) is 11.5 Å². The van der Waals surface area contributed by atoms with Crippen molar-refractivity contribution >= 4 is 5.91 Å². The molecular weight excluding hydrogens is 274 g/mol. The van der Waals surface area contributed by atoms with Crippen LogP contribution >= 0.6 is 0 Å². The van der Waals surface area contributed by atoms with E-state index in [1.807, 2.05) is 0 Å². The third-order valence-corrected chi connectivity index (χ3v) is 3.17. The summed E-state index contributed by atoms with van der Waals surface area (Å²) in [5.41, 5.74) is 0.392. The Morgan fingerprint density at radius 2 is 1.67 bits per heavy atom. The normalized spacial score (nSPS) is 11.7. The molecule has 1 amide bonds. The molecule has 1 unspecified atom stereocenters. The Morgan fingerprint density at radius 1 is 1.14 bits per heavy atom. The van der Waals surface area contributed by atoms with Crippen LogP contribution < -0.4 is 14.2 Å². The van der Waals surface area contributed by atoms with E-state index in [-0.39, 0.29) is 5.91 Å². The van der Waals surface area contributed by atoms with Crippen molar-refractivity contribution in [1.82, 2.24) is 4.90 Å². The van der Waals surface area contributed by atoms with E-state index in [0.717, 1.165) is 0 Å². The summed E-state index contributed by atoms with van der Waals surface area (Å²) in [6, 6.07) is 3.22. The lowest BCUT2D eigenvalue weighted by Crippen LogP contribution is -2.29. The largest absolute Gasteiger partial charge is 0.496 e. The molecule has 0 spiro atoms. The predicted molar refractivity (Wildman–Crippen MR) is 79.4 cm³/mol. The number of carbonyl (C=O) groups is 1. The van der Waals surface area contributed by atoms with Crippen LogP contribution in [0.3, 0.4) is 0 Å². The Labute approximate surface area is 125 Å². The number of hydrogen-bond donors (Lipinski definition) is 1. The van der Waals surface area contributed by atoms with Gasteiger partial charge < -0.3 is 24.2 Å². The fourth-order valence-electron chi connectivity index (χ4n) is 1.88. The molecule has 1 N–H and O–H groups in total. The number of amides is 1. The topological polar surface area (TPSA) is 68.2 Å². The van der Waals surface area contributed by atoms with E-state index in [4.69, 9.17) is 14.2 Å². The zero-order valence-electron chi connectivity index (χ0n) is 13.2. The molecular formula is C15H23NO5. The van der Waals surface area contributed by atoms with E-state index in [2.05, 4.69) is 0 Å². The molecule has 21 heavy (non-hydrogen) atoms. The Balaban J connectivity index is 3.07. The molecule has 0 aliphatic heterocycles. The molecule has 118 valence electrons. The lowest BCUT2D eigenvalue weighted by atomic mass is 10.1. The molecule has 0 fully saturated rings. The number of aliphatic hydroxyl groups is 1. The van der Waals surface area contributed by atoms with Gasteiger partial charge >= 0.3 is 0 Å². The number of benzene rings is 1. The van der Waals surface area contributed by atoms with Crippen LogP contribution in [0.1, 0.15) is 23.7 Å². The first-order valence-corrected chi connectivity index (χ1v) is 6.68. The van der Waals surface area contributed by atoms with Gasteiger partial charge in [-0.25, -0.2) is 0 Å². The van der Waals surface area contributed by atoms with Crippen molar-refractivity contribution in [2.75, 3.05) is 34.9 Å². The minimum Gasteiger partial charge on any atom is -0.496 e. The van der Waals surface area contributed by atoms with Crippen LogP contribution in [0.2, 0.25) is 0 Å². The van der Waals surface area contributed by atoms with E-state index in [9.17, 15) is 9.90 Å². The van der Waals surface area contributed by atoms with Gasteiger partial charge in [0.05, 0.1) is 33.0 Å². The molecule has 1 aromatic carbocycles. The standard InChI is InChI=1S/C15H23NO5/c1-10(17)6-7-16(2)15(18)11-8-13(20-4)14(21-5)9-12(11)19-3/h8-10,17H,6-7H2,1-5H3. The third kappa shape index (κ3) is 4.26. The van der Waals surface area contributed by atoms with Crippen molar-refractivity contribution in [1.29, 1.82) is 0 Å². The van der Waals surface area contributed by atoms with Crippen LogP contribution in [0.5, 0.6) is 17.2 Å². The molecule has 0 heterocycles. The average molecular weight is 297 g/mol. The maximum atomic E-state index is 12.5. The highest BCUT2D eigenvalue weighted by Crippen LogP contribution is 2.35. The summed E-state index contributed by atoms with van der Waals surface area (Å²) in [7, 11) is 6.21. The molecule has 0 bridgehead atoms. The van der Waals surface area contributed by atoms with E-state index in [1.165, 1.54) is 26.2 Å². The van der Waals surface area contributed by atoms with Gasteiger partial charge in [0.1, 0.15) is 5.75 Å². The smallest absolute Gasteiger partial charge is 0.257 e. The van der Waals surface area contributed by atoms with Crippen molar-refractivity contribution in [3.8, 4) is 17.2 Å². The van der Waals surface area contributed by atoms with Gasteiger partial charge in [-0.2, -0.15) is 0 Å². The Hall–Kier alpha value is -1.95. The SMILES string of the molecule is COc1cc(OC)c(C(=O)N(C)CCC(C)O)cc1OC. The Bertz CT molecular complexity index is 487. The van der Waals surface area contributed by atoms with E-state index in [1.54, 1.807) is 26.1 Å². The molecule has 0 saturated carbocycles. The molecule has 0 aromatic heterocycles. The zero-order valence-corrected chi connectivity index (χ0v) is 13.2. The molecule has 0 aliphatic carbocycles. The molecule has 1 aromatic rings. The number of carbonyl (C=O) groups excluding carboxylic acids is 1. The summed E-state index contributed by atoms with van der Waals surface area (Å²) in [4.78, 5) is 14.0. The number of ether oxygens (including phenoxy) is 3. The van der Waals surface area contributed by atoms with Gasteiger partial charge in [-0.15, -0.1) is 0 Å². The highest BCUT2D eigenvalue weighted by Gasteiger charge is 2.20. The van der Waals surface area contributed by atoms with Crippen LogP contribution in [0.25, 0.3) is 0 Å². The Morgan fingerprint density at radius 3 is 2.14 bits per heavy atom. The van der Waals surface area contributed by atoms with Gasteiger partial charge in [0, 0.05) is 25.7 Å². The van der Waals surface area contributed by atoms with Crippen molar-refractivity contribution < 1.29 is 24.1 Å². The number of hydrogen-bond acceptors (Lipinski definition) is 5. The minimum absolute atomic E-state index is 0.201. The summed E-state index contributed by atoms with van der Waals surface area (Å²) < 4.78 is 15.7. The molecule has 6 nitrogen and oxygen atoms in total. The molecule has 6 heteroatoms. The second kappa shape index (κ2) is 7.73. The maximum Gasteiger partial charge on any atom is 0.257 e. The van der Waals surface area contributed by atoms with Crippen molar-refractivity contribution in [3.05, 3.63) is 17.7 Å². The van der Waals surface area contributed by atoms with Gasteiger partial charge in [0.2, 0.25) is 0 Å². The number of aliphatic hydroxyl groups excluding tert-OH is 1. The summed E-state index contributed by atoms with van der Waals surface area (Å²) >= 11 is 0. The molecule has 1 atom stereocenters. The first kappa shape index (κ1) is 17.1. The number of nitrogens with zero attached hydrogens (tertiary/aromatic N) is 1. The predicted octanol–water partition coefficient (Wildman–Crippen LogP) is 1.56. The van der Waals surface area contributed by atoms with E-state index in [0.29, 0.717) is 35.8 Å². The molecule has 0 radical (unpaired) electrons.